The van der Waals surface area contributed by atoms with Crippen molar-refractivity contribution in [2.24, 2.45) is 0 Å². The van der Waals surface area contributed by atoms with Crippen LogP contribution >= 0.6 is 0 Å². The van der Waals surface area contributed by atoms with Crippen LogP contribution in [0.5, 0.6) is 0 Å². The number of sulfonamides is 1. The van der Waals surface area contributed by atoms with Crippen molar-refractivity contribution >= 4 is 27.3 Å². The molecular formula is C26H37N5O3S. The predicted molar refractivity (Wildman–Crippen MR) is 140 cm³/mol. The smallest absolute Gasteiger partial charge is 0.243 e. The number of anilines is 2. The normalized spacial score (nSPS) is 18.9. The molecule has 1 amide bonds. The zero-order valence-electron chi connectivity index (χ0n) is 20.8. The molecule has 0 aliphatic carbocycles. The van der Waals surface area contributed by atoms with E-state index in [1.54, 1.807) is 12.1 Å². The first-order valence-electron chi connectivity index (χ1n) is 12.5. The number of nitrogens with zero attached hydrogens (tertiary/aromatic N) is 4. The van der Waals surface area contributed by atoms with Gasteiger partial charge in [0, 0.05) is 57.2 Å². The average Bonchev–Trinajstić information content (AvgIpc) is 3.11. The maximum Gasteiger partial charge on any atom is 0.243 e. The lowest BCUT2D eigenvalue weighted by molar-refractivity contribution is -0.117. The Labute approximate surface area is 209 Å². The Bertz CT molecular complexity index is 1080. The van der Waals surface area contributed by atoms with Crippen LogP contribution in [0.2, 0.25) is 0 Å². The van der Waals surface area contributed by atoms with Gasteiger partial charge in [-0.25, -0.2) is 8.42 Å². The maximum atomic E-state index is 13.0. The van der Waals surface area contributed by atoms with Crippen LogP contribution in [0.1, 0.15) is 18.9 Å². The topological polar surface area (TPSA) is 76.2 Å². The summed E-state index contributed by atoms with van der Waals surface area (Å²) >= 11 is 0. The molecule has 0 unspecified atom stereocenters. The molecule has 0 aromatic heterocycles. The van der Waals surface area contributed by atoms with Gasteiger partial charge in [-0.3, -0.25) is 9.69 Å². The second kappa shape index (κ2) is 11.5. The molecule has 8 nitrogen and oxygen atoms in total. The number of carbonyl (C=O) groups excluding carboxylic acids is 1. The Morgan fingerprint density at radius 1 is 0.829 bits per heavy atom. The molecule has 2 heterocycles. The first-order chi connectivity index (χ1) is 16.8. The van der Waals surface area contributed by atoms with Crippen LogP contribution in [0.25, 0.3) is 0 Å². The summed E-state index contributed by atoms with van der Waals surface area (Å²) in [7, 11) is -3.52. The van der Waals surface area contributed by atoms with Crippen molar-refractivity contribution in [3.8, 4) is 0 Å². The second-order valence-electron chi connectivity index (χ2n) is 9.36. The summed E-state index contributed by atoms with van der Waals surface area (Å²) in [6, 6.07) is 15.0. The highest BCUT2D eigenvalue weighted by Gasteiger charge is 2.27. The van der Waals surface area contributed by atoms with E-state index in [1.807, 2.05) is 36.1 Å². The summed E-state index contributed by atoms with van der Waals surface area (Å²) in [5.41, 5.74) is 2.99. The minimum Gasteiger partial charge on any atom is -0.369 e. The molecule has 190 valence electrons. The number of nitrogens with one attached hydrogen (secondary N) is 1. The number of aryl methyl sites for hydroxylation is 1. The fourth-order valence-corrected chi connectivity index (χ4v) is 6.16. The van der Waals surface area contributed by atoms with E-state index < -0.39 is 10.0 Å². The highest BCUT2D eigenvalue weighted by atomic mass is 32.2. The van der Waals surface area contributed by atoms with Crippen molar-refractivity contribution in [1.82, 2.24) is 14.1 Å². The summed E-state index contributed by atoms with van der Waals surface area (Å²) in [6.45, 7) is 11.7. The van der Waals surface area contributed by atoms with Crippen molar-refractivity contribution in [3.05, 3.63) is 54.1 Å². The molecule has 2 aromatic carbocycles. The SMILES string of the molecule is CCN1CCN(c2ccc(NC(=O)CN3CCCN(S(=O)(=O)c4ccc(C)cc4)CC3)cc2)CC1. The Morgan fingerprint density at radius 3 is 2.14 bits per heavy atom. The summed E-state index contributed by atoms with van der Waals surface area (Å²) in [4.78, 5) is 19.9. The monoisotopic (exact) mass is 499 g/mol. The predicted octanol–water partition coefficient (Wildman–Crippen LogP) is 2.47. The fourth-order valence-electron chi connectivity index (χ4n) is 4.69. The van der Waals surface area contributed by atoms with Crippen LogP contribution in [0, 0.1) is 6.92 Å². The van der Waals surface area contributed by atoms with Crippen molar-refractivity contribution < 1.29 is 13.2 Å². The zero-order valence-corrected chi connectivity index (χ0v) is 21.6. The van der Waals surface area contributed by atoms with Crippen molar-refractivity contribution in [1.29, 1.82) is 0 Å². The quantitative estimate of drug-likeness (QED) is 0.631. The van der Waals surface area contributed by atoms with Gasteiger partial charge in [0.1, 0.15) is 0 Å². The molecule has 0 bridgehead atoms. The van der Waals surface area contributed by atoms with Gasteiger partial charge in [-0.1, -0.05) is 24.6 Å². The minimum atomic E-state index is -3.52. The zero-order chi connectivity index (χ0) is 24.8. The molecule has 0 radical (unpaired) electrons. The molecule has 9 heteroatoms. The average molecular weight is 500 g/mol. The molecule has 35 heavy (non-hydrogen) atoms. The molecule has 2 aliphatic heterocycles. The minimum absolute atomic E-state index is 0.0795. The molecule has 2 aromatic rings. The van der Waals surface area contributed by atoms with Crippen LogP contribution in [0.15, 0.2) is 53.4 Å². The van der Waals surface area contributed by atoms with Crippen molar-refractivity contribution in [2.75, 3.05) is 75.7 Å². The lowest BCUT2D eigenvalue weighted by atomic mass is 10.2. The van der Waals surface area contributed by atoms with Crippen molar-refractivity contribution in [2.45, 2.75) is 25.2 Å². The van der Waals surface area contributed by atoms with E-state index in [4.69, 9.17) is 0 Å². The summed E-state index contributed by atoms with van der Waals surface area (Å²) in [6.07, 6.45) is 0.693. The Morgan fingerprint density at radius 2 is 1.49 bits per heavy atom. The molecule has 2 saturated heterocycles. The summed E-state index contributed by atoms with van der Waals surface area (Å²) in [5, 5.41) is 2.99. The third-order valence-electron chi connectivity index (χ3n) is 6.91. The standard InChI is InChI=1S/C26H37N5O3S/c1-3-28-15-18-30(19-16-28)24-9-7-23(8-10-24)27-26(32)21-29-13-4-14-31(20-17-29)35(33,34)25-11-5-22(2)6-12-25/h5-12H,3-4,13-21H2,1-2H3,(H,27,32). The van der Waals surface area contributed by atoms with Crippen molar-refractivity contribution in [3.63, 3.8) is 0 Å². The van der Waals surface area contributed by atoms with Gasteiger partial charge in [-0.15, -0.1) is 0 Å². The van der Waals surface area contributed by atoms with Gasteiger partial charge < -0.3 is 15.1 Å². The van der Waals surface area contributed by atoms with Crippen LogP contribution in [-0.2, 0) is 14.8 Å². The lowest BCUT2D eigenvalue weighted by Crippen LogP contribution is -2.46. The summed E-state index contributed by atoms with van der Waals surface area (Å²) in [5.74, 6) is -0.0795. The Hall–Kier alpha value is -2.46. The van der Waals surface area contributed by atoms with E-state index in [-0.39, 0.29) is 12.5 Å². The van der Waals surface area contributed by atoms with Gasteiger partial charge in [0.2, 0.25) is 15.9 Å². The summed E-state index contributed by atoms with van der Waals surface area (Å²) < 4.78 is 27.6. The number of likely N-dealkylation sites (N-methyl/N-ethyl adjacent to an activating group) is 1. The number of rotatable bonds is 7. The van der Waals surface area contributed by atoms with Crippen LogP contribution < -0.4 is 10.2 Å². The molecule has 2 aliphatic rings. The van der Waals surface area contributed by atoms with Gasteiger partial charge in [0.25, 0.3) is 0 Å². The number of benzene rings is 2. The van der Waals surface area contributed by atoms with Gasteiger partial charge in [-0.05, 0) is 62.8 Å². The molecule has 0 atom stereocenters. The van der Waals surface area contributed by atoms with E-state index in [9.17, 15) is 13.2 Å². The Kier molecular flexibility index (Phi) is 8.43. The van der Waals surface area contributed by atoms with E-state index in [0.717, 1.165) is 44.0 Å². The third-order valence-corrected chi connectivity index (χ3v) is 8.82. The third kappa shape index (κ3) is 6.61. The molecular weight excluding hydrogens is 462 g/mol. The highest BCUT2D eigenvalue weighted by Crippen LogP contribution is 2.20. The van der Waals surface area contributed by atoms with Gasteiger partial charge in [-0.2, -0.15) is 4.31 Å². The molecule has 0 spiro atoms. The fraction of sp³-hybridized carbons (Fsp3) is 0.500. The van der Waals surface area contributed by atoms with Crippen LogP contribution in [-0.4, -0.2) is 93.9 Å². The lowest BCUT2D eigenvalue weighted by Gasteiger charge is -2.35. The largest absolute Gasteiger partial charge is 0.369 e. The van der Waals surface area contributed by atoms with E-state index in [0.29, 0.717) is 37.5 Å². The first-order valence-corrected chi connectivity index (χ1v) is 14.0. The van der Waals surface area contributed by atoms with Gasteiger partial charge in [0.05, 0.1) is 11.4 Å². The van der Waals surface area contributed by atoms with Gasteiger partial charge >= 0.3 is 0 Å². The van der Waals surface area contributed by atoms with E-state index in [1.165, 1.54) is 9.99 Å². The van der Waals surface area contributed by atoms with Crippen LogP contribution in [0.4, 0.5) is 11.4 Å². The molecule has 4 rings (SSSR count). The van der Waals surface area contributed by atoms with Gasteiger partial charge in [0.15, 0.2) is 0 Å². The Balaban J connectivity index is 1.27. The molecule has 0 saturated carbocycles. The highest BCUT2D eigenvalue weighted by molar-refractivity contribution is 7.89. The number of piperazine rings is 1. The van der Waals surface area contributed by atoms with E-state index >= 15 is 0 Å². The maximum absolute atomic E-state index is 13.0. The van der Waals surface area contributed by atoms with E-state index in [2.05, 4.69) is 34.2 Å². The van der Waals surface area contributed by atoms with Crippen LogP contribution in [0.3, 0.4) is 0 Å². The molecule has 2 fully saturated rings. The first kappa shape index (κ1) is 25.6. The number of amides is 1. The number of carbonyl (C=O) groups is 1. The molecule has 1 N–H and O–H groups in total. The number of hydrogen-bond donors (Lipinski definition) is 1. The number of hydrogen-bond acceptors (Lipinski definition) is 6. The second-order valence-corrected chi connectivity index (χ2v) is 11.3.